The number of Topliss-reactive ketones (excluding diaryl/α,β-unsaturated/α-hetero) is 1. The molecule has 9 amide bonds. The molecule has 0 aliphatic carbocycles. The number of ketones is 1. The van der Waals surface area contributed by atoms with E-state index in [-0.39, 0.29) is 94.8 Å². The van der Waals surface area contributed by atoms with Crippen molar-refractivity contribution in [3.8, 4) is 0 Å². The van der Waals surface area contributed by atoms with Crippen molar-refractivity contribution in [2.24, 2.45) is 0 Å². The Hall–Kier alpha value is -4.88. The Morgan fingerprint density at radius 3 is 1.06 bits per heavy atom. The summed E-state index contributed by atoms with van der Waals surface area (Å²) in [5.41, 5.74) is 0. The van der Waals surface area contributed by atoms with Crippen molar-refractivity contribution in [2.45, 2.75) is 141 Å². The van der Waals surface area contributed by atoms with Gasteiger partial charge in [0.1, 0.15) is 17.9 Å². The highest BCUT2D eigenvalue weighted by atomic mass is 16.2. The summed E-state index contributed by atoms with van der Waals surface area (Å²) in [5, 5.41) is 21.5. The van der Waals surface area contributed by atoms with E-state index >= 15 is 0 Å². The van der Waals surface area contributed by atoms with E-state index in [0.29, 0.717) is 77.2 Å². The molecule has 0 saturated carbocycles. The minimum atomic E-state index is -0.914. The lowest BCUT2D eigenvalue weighted by molar-refractivity contribution is -0.128. The first kappa shape index (κ1) is 57.1. The number of carbonyl (C=O) groups excluding carboxylic acids is 10. The molecule has 0 aromatic rings. The molecule has 24 heteroatoms. The van der Waals surface area contributed by atoms with Crippen LogP contribution >= 0.6 is 0 Å². The summed E-state index contributed by atoms with van der Waals surface area (Å²) in [4.78, 5) is 123. The Labute approximate surface area is 370 Å². The fourth-order valence-electron chi connectivity index (χ4n) is 5.95. The monoisotopic (exact) mass is 865 g/mol. The van der Waals surface area contributed by atoms with Gasteiger partial charge >= 0.3 is 0 Å². The summed E-state index contributed by atoms with van der Waals surface area (Å²) in [6, 6.07) is -1.83. The fourth-order valence-corrected chi connectivity index (χ4v) is 5.95. The van der Waals surface area contributed by atoms with Gasteiger partial charge in [-0.2, -0.15) is 0 Å². The zero-order chi connectivity index (χ0) is 46.5. The fraction of sp³-hybridized carbons (Fsp3) is 0.737. The topological polar surface area (TPSA) is 282 Å². The normalized spacial score (nSPS) is 11.6. The lowest BCUT2D eigenvalue weighted by atomic mass is 10.1. The molecule has 338 valence electrons. The molecule has 62 heavy (non-hydrogen) atoms. The number of hydrogen-bond donors (Lipinski definition) is 9. The summed E-state index contributed by atoms with van der Waals surface area (Å²) in [7, 11) is 20.6. The molecule has 0 heterocycles. The van der Waals surface area contributed by atoms with E-state index in [0.717, 1.165) is 12.8 Å². The van der Waals surface area contributed by atoms with Crippen molar-refractivity contribution in [3.05, 3.63) is 0 Å². The van der Waals surface area contributed by atoms with Crippen LogP contribution < -0.4 is 47.5 Å². The van der Waals surface area contributed by atoms with Crippen LogP contribution in [0.4, 0.5) is 0 Å². The van der Waals surface area contributed by atoms with Gasteiger partial charge in [-0.1, -0.05) is 26.2 Å². The van der Waals surface area contributed by atoms with E-state index in [2.05, 4.69) is 26.6 Å². The maximum absolute atomic E-state index is 12.9. The van der Waals surface area contributed by atoms with Crippen LogP contribution in [-0.2, 0) is 47.9 Å². The van der Waals surface area contributed by atoms with Crippen molar-refractivity contribution in [2.75, 3.05) is 39.3 Å². The van der Waals surface area contributed by atoms with E-state index < -0.39 is 47.5 Å². The van der Waals surface area contributed by atoms with Gasteiger partial charge in [0.25, 0.3) is 0 Å². The van der Waals surface area contributed by atoms with Crippen LogP contribution in [0.5, 0.6) is 0 Å². The zero-order valence-corrected chi connectivity index (χ0v) is 36.2. The number of unbranched alkanes of at least 4 members (excludes halogenated alkanes) is 6. The number of nitrogens with one attached hydrogen (secondary N) is 9. The van der Waals surface area contributed by atoms with E-state index in [9.17, 15) is 47.9 Å². The Balaban J connectivity index is 4.88. The lowest BCUT2D eigenvalue weighted by Gasteiger charge is -2.21. The highest BCUT2D eigenvalue weighted by Gasteiger charge is 2.21. The largest absolute Gasteiger partial charge is 0.409 e. The minimum Gasteiger partial charge on any atom is -0.409 e. The van der Waals surface area contributed by atoms with Crippen molar-refractivity contribution >= 4 is 90.9 Å². The van der Waals surface area contributed by atoms with Crippen LogP contribution in [0.2, 0.25) is 0 Å². The molecule has 0 aliphatic rings. The molecule has 0 bridgehead atoms. The Morgan fingerprint density at radius 2 is 0.742 bits per heavy atom. The second-order valence-electron chi connectivity index (χ2n) is 14.7. The van der Waals surface area contributed by atoms with Gasteiger partial charge in [0.15, 0.2) is 0 Å². The minimum absolute atomic E-state index is 0.0745. The molecule has 9 N–H and O–H groups in total. The second-order valence-corrected chi connectivity index (χ2v) is 14.7. The van der Waals surface area contributed by atoms with Crippen molar-refractivity contribution < 1.29 is 47.9 Å². The number of carbonyl (C=O) groups is 10. The molecule has 0 unspecified atom stereocenters. The highest BCUT2D eigenvalue weighted by molar-refractivity contribution is 6.16. The van der Waals surface area contributed by atoms with Crippen molar-refractivity contribution in [1.82, 2.24) is 52.4 Å². The molecule has 0 aromatic heterocycles. The second kappa shape index (κ2) is 36.7. The predicted octanol–water partition coefficient (Wildman–Crippen LogP) is -2.59. The molecule has 0 spiro atoms. The standard InChI is InChI=1S/C38H64B4N10O10/c1-2-27(53)14-6-3-9-21-43-34(58)24-52(25-35(59)44-22-10-4-7-17-30(54)46-28(37(61)50-41)15-12-19-32(56)48-39)26-36(60)45-23-11-5-8-18-31(55)47-29(38(62)51-42)16-13-20-33(57)49-40/h28-29H,2-26H2,1H3,(H,43,58)(H,44,59)(H,45,60)(H,46,54)(H,47,55)(H,48,56)(H,49,57)(H,50,61)(H,51,62)/t28-,29-/m1/s1. The summed E-state index contributed by atoms with van der Waals surface area (Å²) >= 11 is 0. The third-order valence-corrected chi connectivity index (χ3v) is 9.46. The third-order valence-electron chi connectivity index (χ3n) is 9.46. The summed E-state index contributed by atoms with van der Waals surface area (Å²) < 4.78 is 0. The summed E-state index contributed by atoms with van der Waals surface area (Å²) in [6.45, 7) is 2.06. The Kier molecular flexibility index (Phi) is 33.9. The van der Waals surface area contributed by atoms with Gasteiger partial charge in [0.05, 0.1) is 19.6 Å². The smallest absolute Gasteiger partial charge is 0.234 e. The van der Waals surface area contributed by atoms with E-state index in [1.54, 1.807) is 0 Å². The maximum Gasteiger partial charge on any atom is 0.234 e. The number of rotatable bonds is 37. The maximum atomic E-state index is 12.9. The van der Waals surface area contributed by atoms with Gasteiger partial charge in [-0.25, -0.2) is 0 Å². The summed E-state index contributed by atoms with van der Waals surface area (Å²) in [6.07, 6.45) is 7.65. The van der Waals surface area contributed by atoms with Gasteiger partial charge in [-0.05, 0) is 64.2 Å². The van der Waals surface area contributed by atoms with E-state index in [1.807, 2.05) is 27.8 Å². The van der Waals surface area contributed by atoms with Crippen molar-refractivity contribution in [3.63, 3.8) is 0 Å². The van der Waals surface area contributed by atoms with Gasteiger partial charge in [-0.15, -0.1) is 0 Å². The Bertz CT molecular complexity index is 1350. The first-order valence-electron chi connectivity index (χ1n) is 21.3. The van der Waals surface area contributed by atoms with Gasteiger partial charge in [-0.3, -0.25) is 52.8 Å². The average Bonchev–Trinajstić information content (AvgIpc) is 3.25. The Morgan fingerprint density at radius 1 is 0.403 bits per heavy atom. The van der Waals surface area contributed by atoms with Crippen LogP contribution in [0.3, 0.4) is 0 Å². The molecule has 0 saturated heterocycles. The molecular weight excluding hydrogens is 800 g/mol. The number of hydrogen-bond acceptors (Lipinski definition) is 11. The SMILES string of the molecule is [B]NC(=O)CCC[C@@H](NC(=O)CCCCCNC(=O)CN(CC(=O)NCCCCCC(=O)CC)CC(=O)NCCCCCC(=O)N[C@H](CCCC(=O)N[B])C(=O)N[B])C(=O)N[B]. The van der Waals surface area contributed by atoms with Crippen molar-refractivity contribution in [1.29, 1.82) is 0 Å². The van der Waals surface area contributed by atoms with E-state index in [4.69, 9.17) is 31.9 Å². The van der Waals surface area contributed by atoms with Gasteiger partial charge in [0, 0.05) is 58.2 Å². The third kappa shape index (κ3) is 31.0. The zero-order valence-electron chi connectivity index (χ0n) is 36.2. The molecule has 0 rings (SSSR count). The molecule has 8 radical (unpaired) electrons. The quantitative estimate of drug-likeness (QED) is 0.0231. The van der Waals surface area contributed by atoms with Gasteiger partial charge in [0.2, 0.25) is 85.1 Å². The first-order valence-corrected chi connectivity index (χ1v) is 21.3. The average molecular weight is 864 g/mol. The van der Waals surface area contributed by atoms with Crippen LogP contribution in [-0.4, -0.2) is 147 Å². The molecule has 0 aliphatic heterocycles. The van der Waals surface area contributed by atoms with Crippen LogP contribution in [0.1, 0.15) is 129 Å². The first-order chi connectivity index (χ1) is 29.7. The number of amides is 9. The van der Waals surface area contributed by atoms with E-state index in [1.165, 1.54) is 4.90 Å². The molecule has 0 aromatic carbocycles. The van der Waals surface area contributed by atoms with Crippen LogP contribution in [0, 0.1) is 0 Å². The molecular formula is C38H64B4N10O10. The predicted molar refractivity (Wildman–Crippen MR) is 233 cm³/mol. The van der Waals surface area contributed by atoms with Crippen LogP contribution in [0.15, 0.2) is 0 Å². The molecule has 0 fully saturated rings. The summed E-state index contributed by atoms with van der Waals surface area (Å²) in [5.74, 6) is -3.74. The lowest BCUT2D eigenvalue weighted by Crippen LogP contribution is -2.47. The highest BCUT2D eigenvalue weighted by Crippen LogP contribution is 2.07. The van der Waals surface area contributed by atoms with Gasteiger partial charge < -0.3 is 47.5 Å². The molecule has 20 nitrogen and oxygen atoms in total. The van der Waals surface area contributed by atoms with Crippen LogP contribution in [0.25, 0.3) is 0 Å². The number of nitrogens with zero attached hydrogens (tertiary/aromatic N) is 1. The molecule has 2 atom stereocenters.